The molecule has 0 aromatic heterocycles. The van der Waals surface area contributed by atoms with Crippen LogP contribution < -0.4 is 4.72 Å². The fraction of sp³-hybridized carbons (Fsp3) is 0.619. The quantitative estimate of drug-likeness (QED) is 0.301. The molecular formula is C21H30F2NO4PS. The maximum absolute atomic E-state index is 14.0. The van der Waals surface area contributed by atoms with Gasteiger partial charge in [-0.15, -0.1) is 0 Å². The molecule has 1 aromatic rings. The molecule has 0 amide bonds. The molecule has 2 aliphatic carbocycles. The number of hydrogen-bond acceptors (Lipinski definition) is 3. The molecule has 2 bridgehead atoms. The van der Waals surface area contributed by atoms with Crippen molar-refractivity contribution in [3.63, 3.8) is 0 Å². The number of nitrogens with one attached hydrogen (secondary N) is 1. The fourth-order valence-electron chi connectivity index (χ4n) is 4.85. The number of benzene rings is 1. The Bertz CT molecular complexity index is 937. The minimum Gasteiger partial charge on any atom is -0.344 e. The lowest BCUT2D eigenvalue weighted by molar-refractivity contribution is 0.274. The highest BCUT2D eigenvalue weighted by atomic mass is 32.2. The van der Waals surface area contributed by atoms with Crippen LogP contribution in [0.25, 0.3) is 0 Å². The number of fused-ring (bicyclic) bond motifs is 2. The topological polar surface area (TPSA) is 83.5 Å². The maximum atomic E-state index is 14.0. The Labute approximate surface area is 177 Å². The van der Waals surface area contributed by atoms with Gasteiger partial charge < -0.3 is 4.89 Å². The molecule has 2 saturated carbocycles. The Kier molecular flexibility index (Phi) is 7.54. The van der Waals surface area contributed by atoms with E-state index in [1.165, 1.54) is 0 Å². The van der Waals surface area contributed by atoms with Gasteiger partial charge in [0, 0.05) is 24.4 Å². The monoisotopic (exact) mass is 461 g/mol. The fourth-order valence-corrected chi connectivity index (χ4v) is 7.26. The molecule has 2 aliphatic rings. The Morgan fingerprint density at radius 2 is 1.97 bits per heavy atom. The summed E-state index contributed by atoms with van der Waals surface area (Å²) in [6.07, 6.45) is 9.67. The molecule has 5 nitrogen and oxygen atoms in total. The zero-order chi connectivity index (χ0) is 21.9. The van der Waals surface area contributed by atoms with E-state index in [1.807, 2.05) is 12.2 Å². The van der Waals surface area contributed by atoms with Crippen LogP contribution in [0, 0.1) is 29.4 Å². The zero-order valence-electron chi connectivity index (χ0n) is 17.1. The molecule has 1 aromatic carbocycles. The predicted molar refractivity (Wildman–Crippen MR) is 113 cm³/mol. The van der Waals surface area contributed by atoms with E-state index in [0.717, 1.165) is 31.4 Å². The first-order valence-electron chi connectivity index (χ1n) is 10.6. The molecule has 3 rings (SSSR count). The SMILES string of the molecule is CCP(=O)(O)CCC/C=C\CC1C(NS(=O)(=O)c2ccc(F)cc2F)[C@@H]2CC[C@H]1C2. The summed E-state index contributed by atoms with van der Waals surface area (Å²) in [6, 6.07) is 2.23. The second-order valence-electron chi connectivity index (χ2n) is 8.45. The molecule has 5 atom stereocenters. The Morgan fingerprint density at radius 1 is 1.23 bits per heavy atom. The van der Waals surface area contributed by atoms with Crippen molar-refractivity contribution in [2.45, 2.75) is 56.4 Å². The first-order valence-corrected chi connectivity index (χ1v) is 14.1. The van der Waals surface area contributed by atoms with E-state index < -0.39 is 33.9 Å². The smallest absolute Gasteiger partial charge is 0.243 e. The van der Waals surface area contributed by atoms with Crippen LogP contribution in [0.15, 0.2) is 35.2 Å². The van der Waals surface area contributed by atoms with Crippen molar-refractivity contribution in [2.24, 2.45) is 17.8 Å². The van der Waals surface area contributed by atoms with Gasteiger partial charge in [0.1, 0.15) is 16.5 Å². The highest BCUT2D eigenvalue weighted by Crippen LogP contribution is 2.50. The van der Waals surface area contributed by atoms with E-state index in [4.69, 9.17) is 0 Å². The third-order valence-corrected chi connectivity index (χ3v) is 10.0. The molecule has 0 saturated heterocycles. The second-order valence-corrected chi connectivity index (χ2v) is 12.9. The number of rotatable bonds is 10. The summed E-state index contributed by atoms with van der Waals surface area (Å²) >= 11 is 0. The first kappa shape index (κ1) is 23.6. The van der Waals surface area contributed by atoms with Gasteiger partial charge in [-0.05, 0) is 68.4 Å². The van der Waals surface area contributed by atoms with Crippen molar-refractivity contribution in [3.8, 4) is 0 Å². The average molecular weight is 462 g/mol. The lowest BCUT2D eigenvalue weighted by Gasteiger charge is -2.31. The van der Waals surface area contributed by atoms with Crippen LogP contribution in [0.4, 0.5) is 8.78 Å². The van der Waals surface area contributed by atoms with Crippen molar-refractivity contribution < 1.29 is 26.7 Å². The van der Waals surface area contributed by atoms with Crippen molar-refractivity contribution in [1.29, 1.82) is 0 Å². The van der Waals surface area contributed by atoms with Crippen molar-refractivity contribution in [1.82, 2.24) is 4.72 Å². The number of halogens is 2. The molecule has 0 radical (unpaired) electrons. The van der Waals surface area contributed by atoms with Crippen LogP contribution >= 0.6 is 7.37 Å². The maximum Gasteiger partial charge on any atom is 0.243 e. The van der Waals surface area contributed by atoms with E-state index in [1.54, 1.807) is 6.92 Å². The van der Waals surface area contributed by atoms with Crippen LogP contribution in [-0.2, 0) is 14.6 Å². The van der Waals surface area contributed by atoms with Gasteiger partial charge in [-0.2, -0.15) is 0 Å². The predicted octanol–water partition coefficient (Wildman–Crippen LogP) is 4.67. The summed E-state index contributed by atoms with van der Waals surface area (Å²) < 4.78 is 67.0. The highest BCUT2D eigenvalue weighted by Gasteiger charge is 2.48. The van der Waals surface area contributed by atoms with E-state index in [2.05, 4.69) is 4.72 Å². The number of unbranched alkanes of at least 4 members (excludes halogenated alkanes) is 1. The van der Waals surface area contributed by atoms with Crippen LogP contribution in [-0.4, -0.2) is 31.7 Å². The third-order valence-electron chi connectivity index (χ3n) is 6.51. The normalized spacial score (nSPS) is 28.3. The van der Waals surface area contributed by atoms with Gasteiger partial charge in [0.25, 0.3) is 0 Å². The number of sulfonamides is 1. The van der Waals surface area contributed by atoms with Gasteiger partial charge in [-0.3, -0.25) is 4.57 Å². The summed E-state index contributed by atoms with van der Waals surface area (Å²) in [5.41, 5.74) is 0. The minimum absolute atomic E-state index is 0.137. The van der Waals surface area contributed by atoms with Crippen molar-refractivity contribution >= 4 is 17.4 Å². The van der Waals surface area contributed by atoms with E-state index >= 15 is 0 Å². The summed E-state index contributed by atoms with van der Waals surface area (Å²) in [5.74, 6) is -1.10. The number of allylic oxidation sites excluding steroid dienone is 2. The summed E-state index contributed by atoms with van der Waals surface area (Å²) in [6.45, 7) is 1.71. The van der Waals surface area contributed by atoms with Crippen LogP contribution in [0.2, 0.25) is 0 Å². The Balaban J connectivity index is 1.61. The Hall–Kier alpha value is -1.08. The van der Waals surface area contributed by atoms with Gasteiger partial charge in [0.05, 0.1) is 0 Å². The molecule has 30 heavy (non-hydrogen) atoms. The molecule has 2 N–H and O–H groups in total. The van der Waals surface area contributed by atoms with Crippen molar-refractivity contribution in [2.75, 3.05) is 12.3 Å². The molecule has 9 heteroatoms. The van der Waals surface area contributed by atoms with Gasteiger partial charge >= 0.3 is 0 Å². The third kappa shape index (κ3) is 5.58. The van der Waals surface area contributed by atoms with Crippen molar-refractivity contribution in [3.05, 3.63) is 42.0 Å². The van der Waals surface area contributed by atoms with Gasteiger partial charge in [0.2, 0.25) is 10.0 Å². The molecule has 2 fully saturated rings. The molecule has 0 aliphatic heterocycles. The standard InChI is InChI=1S/C21H30F2NO4PS/c1-2-29(25,26)12-6-4-3-5-7-18-15-8-9-16(13-15)21(18)24-30(27,28)20-11-10-17(22)14-19(20)23/h3,5,10-11,14-16,18,21,24H,2,4,6-9,12-13H2,1H3,(H,25,26)/b5-3-/t15-,16+,18?,21?/m0/s1. The van der Waals surface area contributed by atoms with Gasteiger partial charge in [-0.1, -0.05) is 19.1 Å². The number of hydrogen-bond donors (Lipinski definition) is 2. The summed E-state index contributed by atoms with van der Waals surface area (Å²) in [4.78, 5) is 9.09. The van der Waals surface area contributed by atoms with E-state index in [0.29, 0.717) is 43.6 Å². The summed E-state index contributed by atoms with van der Waals surface area (Å²) in [5, 5.41) is 0. The zero-order valence-corrected chi connectivity index (χ0v) is 18.8. The molecule has 0 heterocycles. The minimum atomic E-state index is -4.08. The van der Waals surface area contributed by atoms with E-state index in [-0.39, 0.29) is 17.9 Å². The van der Waals surface area contributed by atoms with Gasteiger partial charge in [-0.25, -0.2) is 21.9 Å². The molecule has 0 spiro atoms. The summed E-state index contributed by atoms with van der Waals surface area (Å²) in [7, 11) is -7.07. The Morgan fingerprint density at radius 3 is 2.67 bits per heavy atom. The lowest BCUT2D eigenvalue weighted by atomic mass is 9.83. The van der Waals surface area contributed by atoms with E-state index in [9.17, 15) is 26.7 Å². The first-order chi connectivity index (χ1) is 14.1. The van der Waals surface area contributed by atoms with Crippen LogP contribution in [0.3, 0.4) is 0 Å². The largest absolute Gasteiger partial charge is 0.344 e. The molecular weight excluding hydrogens is 431 g/mol. The van der Waals surface area contributed by atoms with Crippen LogP contribution in [0.1, 0.15) is 45.4 Å². The van der Waals surface area contributed by atoms with Crippen LogP contribution in [0.5, 0.6) is 0 Å². The lowest BCUT2D eigenvalue weighted by Crippen LogP contribution is -2.44. The highest BCUT2D eigenvalue weighted by molar-refractivity contribution is 7.89. The molecule has 3 unspecified atom stereocenters. The van der Waals surface area contributed by atoms with Gasteiger partial charge in [0.15, 0.2) is 7.37 Å². The molecule has 168 valence electrons. The second kappa shape index (κ2) is 9.60. The average Bonchev–Trinajstić information content (AvgIpc) is 3.26.